The fourth-order valence-corrected chi connectivity index (χ4v) is 5.79. The second kappa shape index (κ2) is 13.5. The number of nitrogens with one attached hydrogen (secondary N) is 1. The third kappa shape index (κ3) is 7.88. The van der Waals surface area contributed by atoms with E-state index in [2.05, 4.69) is 5.32 Å². The van der Waals surface area contributed by atoms with Gasteiger partial charge in [-0.3, -0.25) is 13.9 Å². The van der Waals surface area contributed by atoms with Gasteiger partial charge in [-0.15, -0.1) is 0 Å². The predicted octanol–water partition coefficient (Wildman–Crippen LogP) is 6.09. The van der Waals surface area contributed by atoms with Gasteiger partial charge >= 0.3 is 0 Å². The summed E-state index contributed by atoms with van der Waals surface area (Å²) in [6.45, 7) is 5.20. The van der Waals surface area contributed by atoms with E-state index in [1.807, 2.05) is 13.8 Å². The van der Waals surface area contributed by atoms with Crippen molar-refractivity contribution in [3.05, 3.63) is 92.9 Å². The zero-order chi connectivity index (χ0) is 28.7. The van der Waals surface area contributed by atoms with Gasteiger partial charge < -0.3 is 10.2 Å². The highest BCUT2D eigenvalue weighted by Gasteiger charge is 2.32. The number of hydrogen-bond acceptors (Lipinski definition) is 4. The minimum absolute atomic E-state index is 0.0249. The Labute approximate surface area is 244 Å². The molecule has 3 aromatic rings. The zero-order valence-corrected chi connectivity index (χ0v) is 24.9. The lowest BCUT2D eigenvalue weighted by molar-refractivity contribution is -0.139. The van der Waals surface area contributed by atoms with Crippen LogP contribution in [0.4, 0.5) is 5.69 Å². The van der Waals surface area contributed by atoms with Crippen molar-refractivity contribution in [2.24, 2.45) is 0 Å². The van der Waals surface area contributed by atoms with Crippen molar-refractivity contribution in [2.75, 3.05) is 17.4 Å². The zero-order valence-electron chi connectivity index (χ0n) is 21.8. The molecule has 0 aromatic heterocycles. The molecule has 39 heavy (non-hydrogen) atoms. The van der Waals surface area contributed by atoms with Crippen LogP contribution in [0.5, 0.6) is 0 Å². The molecule has 0 fully saturated rings. The molecule has 1 atom stereocenters. The molecule has 1 N–H and O–H groups in total. The van der Waals surface area contributed by atoms with E-state index in [-0.39, 0.29) is 23.0 Å². The van der Waals surface area contributed by atoms with Crippen LogP contribution >= 0.6 is 34.8 Å². The van der Waals surface area contributed by atoms with E-state index in [1.54, 1.807) is 49.4 Å². The molecule has 0 aliphatic heterocycles. The minimum atomic E-state index is -4.16. The first-order chi connectivity index (χ1) is 18.4. The molecule has 0 spiro atoms. The van der Waals surface area contributed by atoms with Crippen LogP contribution in [0.25, 0.3) is 0 Å². The van der Waals surface area contributed by atoms with E-state index >= 15 is 0 Å². The number of rotatable bonds is 11. The lowest BCUT2D eigenvalue weighted by atomic mass is 10.1. The van der Waals surface area contributed by atoms with Gasteiger partial charge in [0.25, 0.3) is 10.0 Å². The van der Waals surface area contributed by atoms with Crippen molar-refractivity contribution >= 4 is 62.3 Å². The van der Waals surface area contributed by atoms with E-state index in [0.29, 0.717) is 33.6 Å². The summed E-state index contributed by atoms with van der Waals surface area (Å²) in [5.74, 6) is -0.958. The van der Waals surface area contributed by atoms with Gasteiger partial charge in [0, 0.05) is 28.2 Å². The Kier molecular flexibility index (Phi) is 10.7. The van der Waals surface area contributed by atoms with E-state index < -0.39 is 28.5 Å². The Morgan fingerprint density at radius 2 is 1.54 bits per heavy atom. The molecule has 208 valence electrons. The minimum Gasteiger partial charge on any atom is -0.354 e. The topological polar surface area (TPSA) is 86.8 Å². The van der Waals surface area contributed by atoms with Gasteiger partial charge in [0.05, 0.1) is 10.6 Å². The first-order valence-electron chi connectivity index (χ1n) is 12.3. The van der Waals surface area contributed by atoms with E-state index in [4.69, 9.17) is 34.8 Å². The summed E-state index contributed by atoms with van der Waals surface area (Å²) in [6.07, 6.45) is 0.717. The summed E-state index contributed by atoms with van der Waals surface area (Å²) in [5.41, 5.74) is 1.70. The summed E-state index contributed by atoms with van der Waals surface area (Å²) in [4.78, 5) is 28.1. The Morgan fingerprint density at radius 1 is 0.923 bits per heavy atom. The lowest BCUT2D eigenvalue weighted by Gasteiger charge is -2.32. The first-order valence-corrected chi connectivity index (χ1v) is 14.9. The third-order valence-corrected chi connectivity index (χ3v) is 8.70. The second-order valence-corrected chi connectivity index (χ2v) is 12.2. The van der Waals surface area contributed by atoms with Crippen LogP contribution in [-0.2, 0) is 26.2 Å². The van der Waals surface area contributed by atoms with Gasteiger partial charge in [-0.2, -0.15) is 0 Å². The summed E-state index contributed by atoms with van der Waals surface area (Å²) < 4.78 is 28.6. The van der Waals surface area contributed by atoms with Crippen molar-refractivity contribution in [3.8, 4) is 0 Å². The maximum atomic E-state index is 13.9. The molecule has 0 bridgehead atoms. The molecule has 0 saturated heterocycles. The number of anilines is 1. The largest absolute Gasteiger partial charge is 0.354 e. The summed E-state index contributed by atoms with van der Waals surface area (Å²) in [6, 6.07) is 16.4. The monoisotopic (exact) mass is 609 g/mol. The molecule has 3 aromatic carbocycles. The third-order valence-electron chi connectivity index (χ3n) is 6.07. The van der Waals surface area contributed by atoms with Gasteiger partial charge in [0.1, 0.15) is 12.6 Å². The van der Waals surface area contributed by atoms with Gasteiger partial charge in [-0.25, -0.2) is 8.42 Å². The second-order valence-electron chi connectivity index (χ2n) is 9.03. The number of hydrogen-bond donors (Lipinski definition) is 1. The van der Waals surface area contributed by atoms with Gasteiger partial charge in [-0.1, -0.05) is 65.5 Å². The highest BCUT2D eigenvalue weighted by atomic mass is 35.5. The summed E-state index contributed by atoms with van der Waals surface area (Å²) in [5, 5.41) is 3.96. The normalized spacial score (nSPS) is 12.1. The van der Waals surface area contributed by atoms with E-state index in [1.165, 1.54) is 29.2 Å². The van der Waals surface area contributed by atoms with Crippen LogP contribution in [0.15, 0.2) is 71.6 Å². The molecule has 0 radical (unpaired) electrons. The molecule has 0 heterocycles. The lowest BCUT2D eigenvalue weighted by Crippen LogP contribution is -2.51. The number of carbonyl (C=O) groups excluding carboxylic acids is 2. The number of halogens is 3. The highest BCUT2D eigenvalue weighted by Crippen LogP contribution is 2.27. The molecule has 2 amide bonds. The maximum Gasteiger partial charge on any atom is 0.264 e. The maximum absolute atomic E-state index is 13.9. The molecule has 11 heteroatoms. The Bertz CT molecular complexity index is 1410. The van der Waals surface area contributed by atoms with Crippen molar-refractivity contribution < 1.29 is 18.0 Å². The molecule has 0 saturated carbocycles. The fourth-order valence-electron chi connectivity index (χ4n) is 3.79. The van der Waals surface area contributed by atoms with E-state index in [9.17, 15) is 18.0 Å². The number of nitrogens with zero attached hydrogens (tertiary/aromatic N) is 2. The highest BCUT2D eigenvalue weighted by molar-refractivity contribution is 7.92. The van der Waals surface area contributed by atoms with Crippen molar-refractivity contribution in [2.45, 2.75) is 44.7 Å². The smallest absolute Gasteiger partial charge is 0.264 e. The predicted molar refractivity (Wildman–Crippen MR) is 157 cm³/mol. The Hall–Kier alpha value is -2.78. The molecule has 0 unspecified atom stereocenters. The van der Waals surface area contributed by atoms with Gasteiger partial charge in [0.2, 0.25) is 11.8 Å². The molecule has 7 nitrogen and oxygen atoms in total. The standard InChI is InChI=1S/C28H30Cl3N3O4S/c1-4-15-32-28(36)20(3)33(17-21-7-8-23(30)16-26(21)31)27(35)18-34(24-11-9-22(29)10-12-24)39(37,38)25-13-5-19(2)6-14-25/h5-14,16,20H,4,15,17-18H2,1-3H3,(H,32,36)/t20-/m1/s1. The first kappa shape index (κ1) is 30.8. The quantitative estimate of drug-likeness (QED) is 0.285. The van der Waals surface area contributed by atoms with Crippen LogP contribution < -0.4 is 9.62 Å². The van der Waals surface area contributed by atoms with Crippen LogP contribution in [-0.4, -0.2) is 44.3 Å². The molecular formula is C28H30Cl3N3O4S. The van der Waals surface area contributed by atoms with Crippen LogP contribution in [0.2, 0.25) is 15.1 Å². The van der Waals surface area contributed by atoms with Crippen LogP contribution in [0.3, 0.4) is 0 Å². The molecular weight excluding hydrogens is 581 g/mol. The number of benzene rings is 3. The number of carbonyl (C=O) groups is 2. The average molecular weight is 611 g/mol. The van der Waals surface area contributed by atoms with Gasteiger partial charge in [-0.05, 0) is 74.4 Å². The van der Waals surface area contributed by atoms with Crippen molar-refractivity contribution in [1.29, 1.82) is 0 Å². The summed E-state index contributed by atoms with van der Waals surface area (Å²) in [7, 11) is -4.16. The Balaban J connectivity index is 2.03. The number of amides is 2. The summed E-state index contributed by atoms with van der Waals surface area (Å²) >= 11 is 18.5. The van der Waals surface area contributed by atoms with Crippen molar-refractivity contribution in [3.63, 3.8) is 0 Å². The molecule has 0 aliphatic carbocycles. The van der Waals surface area contributed by atoms with Crippen LogP contribution in [0, 0.1) is 6.92 Å². The van der Waals surface area contributed by atoms with Gasteiger partial charge in [0.15, 0.2) is 0 Å². The Morgan fingerprint density at radius 3 is 2.13 bits per heavy atom. The SMILES string of the molecule is CCCNC(=O)[C@@H](C)N(Cc1ccc(Cl)cc1Cl)C(=O)CN(c1ccc(Cl)cc1)S(=O)(=O)c1ccc(C)cc1. The van der Waals surface area contributed by atoms with Crippen molar-refractivity contribution in [1.82, 2.24) is 10.2 Å². The number of sulfonamides is 1. The number of aryl methyl sites for hydroxylation is 1. The van der Waals surface area contributed by atoms with Crippen LogP contribution in [0.1, 0.15) is 31.4 Å². The molecule has 0 aliphatic rings. The molecule has 3 rings (SSSR count). The van der Waals surface area contributed by atoms with E-state index in [0.717, 1.165) is 9.87 Å². The fraction of sp³-hybridized carbons (Fsp3) is 0.286. The average Bonchev–Trinajstić information content (AvgIpc) is 2.90.